The molecule has 17 heavy (non-hydrogen) atoms. The van der Waals surface area contributed by atoms with Crippen molar-refractivity contribution < 1.29 is 14.3 Å². The maximum atomic E-state index is 10.9. The second kappa shape index (κ2) is 6.47. The minimum atomic E-state index is -0.415. The number of allylic oxidation sites excluding steroid dienone is 1. The number of ether oxygens (including phenoxy) is 1. The Kier molecular flexibility index (Phi) is 4.93. The summed E-state index contributed by atoms with van der Waals surface area (Å²) in [7, 11) is 1.32. The lowest BCUT2D eigenvalue weighted by molar-refractivity contribution is -0.134. The Hall–Kier alpha value is -2.11. The largest absolute Gasteiger partial charge is 0.466 e. The van der Waals surface area contributed by atoms with Gasteiger partial charge in [0.1, 0.15) is 18.2 Å². The number of nitrogens with one attached hydrogen (secondary N) is 2. The summed E-state index contributed by atoms with van der Waals surface area (Å²) in [6, 6.07) is -0.361. The molecule has 1 heterocycles. The monoisotopic (exact) mass is 237 g/mol. The average molecular weight is 237 g/mol. The smallest absolute Gasteiger partial charge is 0.330 e. The molecule has 0 aromatic rings. The first-order valence-corrected chi connectivity index (χ1v) is 5.14. The number of carbonyl (C=O) groups excluding carboxylic acids is 2. The molecule has 0 aromatic heterocycles. The van der Waals surface area contributed by atoms with E-state index in [1.807, 2.05) is 0 Å². The summed E-state index contributed by atoms with van der Waals surface area (Å²) < 4.78 is 4.47. The summed E-state index contributed by atoms with van der Waals surface area (Å²) in [5.41, 5.74) is 0.744. The number of hydrogen-bond donors (Lipinski definition) is 2. The Balaban J connectivity index is 2.55. The molecule has 0 saturated carbocycles. The summed E-state index contributed by atoms with van der Waals surface area (Å²) in [5, 5.41) is 5.97. The molecule has 0 radical (unpaired) electrons. The van der Waals surface area contributed by atoms with Crippen molar-refractivity contribution in [1.82, 2.24) is 10.6 Å². The minimum Gasteiger partial charge on any atom is -0.466 e. The van der Waals surface area contributed by atoms with Gasteiger partial charge in [0.15, 0.2) is 0 Å². The number of aldehydes is 1. The van der Waals surface area contributed by atoms with Crippen molar-refractivity contribution >= 4 is 18.1 Å². The van der Waals surface area contributed by atoms with Crippen LogP contribution in [0.4, 0.5) is 0 Å². The van der Waals surface area contributed by atoms with E-state index >= 15 is 0 Å². The van der Waals surface area contributed by atoms with E-state index in [2.05, 4.69) is 20.4 Å². The van der Waals surface area contributed by atoms with Gasteiger partial charge in [0.05, 0.1) is 19.4 Å². The van der Waals surface area contributed by atoms with Crippen molar-refractivity contribution in [3.63, 3.8) is 0 Å². The molecular formula is C11H15N3O3. The molecule has 6 nitrogen and oxygen atoms in total. The van der Waals surface area contributed by atoms with Gasteiger partial charge in [0, 0.05) is 12.3 Å². The van der Waals surface area contributed by atoms with Crippen molar-refractivity contribution in [3.05, 3.63) is 24.0 Å². The molecule has 1 aliphatic heterocycles. The number of rotatable bonds is 4. The van der Waals surface area contributed by atoms with Crippen LogP contribution in [0.15, 0.2) is 29.0 Å². The van der Waals surface area contributed by atoms with E-state index in [-0.39, 0.29) is 6.04 Å². The lowest BCUT2D eigenvalue weighted by Gasteiger charge is -2.17. The molecule has 1 atom stereocenters. The Morgan fingerprint density at radius 3 is 2.94 bits per heavy atom. The Morgan fingerprint density at radius 1 is 1.65 bits per heavy atom. The molecule has 1 unspecified atom stereocenters. The van der Waals surface area contributed by atoms with Crippen molar-refractivity contribution in [1.29, 1.82) is 0 Å². The quantitative estimate of drug-likeness (QED) is 0.400. The number of amidine groups is 1. The van der Waals surface area contributed by atoms with Gasteiger partial charge in [-0.05, 0) is 13.0 Å². The van der Waals surface area contributed by atoms with Crippen LogP contribution in [0.25, 0.3) is 0 Å². The molecule has 92 valence electrons. The van der Waals surface area contributed by atoms with E-state index in [1.165, 1.54) is 13.2 Å². The van der Waals surface area contributed by atoms with Gasteiger partial charge in [-0.15, -0.1) is 0 Å². The van der Waals surface area contributed by atoms with E-state index in [4.69, 9.17) is 0 Å². The van der Waals surface area contributed by atoms with Crippen LogP contribution in [-0.4, -0.2) is 37.8 Å². The second-order valence-corrected chi connectivity index (χ2v) is 3.41. The van der Waals surface area contributed by atoms with Crippen LogP contribution in [0.3, 0.4) is 0 Å². The van der Waals surface area contributed by atoms with E-state index in [9.17, 15) is 9.59 Å². The lowest BCUT2D eigenvalue weighted by Crippen LogP contribution is -2.37. The van der Waals surface area contributed by atoms with Crippen LogP contribution in [0.1, 0.15) is 6.92 Å². The number of esters is 1. The van der Waals surface area contributed by atoms with Crippen LogP contribution in [-0.2, 0) is 14.3 Å². The molecule has 6 heteroatoms. The zero-order valence-corrected chi connectivity index (χ0v) is 9.77. The highest BCUT2D eigenvalue weighted by molar-refractivity contribution is 5.88. The van der Waals surface area contributed by atoms with Crippen LogP contribution >= 0.6 is 0 Å². The fourth-order valence-corrected chi connectivity index (χ4v) is 1.14. The molecule has 0 bridgehead atoms. The number of nitrogens with zero attached hydrogens (tertiary/aromatic N) is 1. The minimum absolute atomic E-state index is 0.361. The van der Waals surface area contributed by atoms with E-state index in [0.717, 1.165) is 12.0 Å². The Bertz CT molecular complexity index is 385. The molecule has 1 rings (SSSR count). The van der Waals surface area contributed by atoms with Crippen LogP contribution in [0, 0.1) is 0 Å². The Labute approximate surface area is 99.4 Å². The van der Waals surface area contributed by atoms with Gasteiger partial charge >= 0.3 is 5.97 Å². The molecule has 0 aliphatic carbocycles. The van der Waals surface area contributed by atoms with Crippen molar-refractivity contribution in [3.8, 4) is 0 Å². The third kappa shape index (κ3) is 4.50. The highest BCUT2D eigenvalue weighted by atomic mass is 16.5. The van der Waals surface area contributed by atoms with Crippen molar-refractivity contribution in [2.24, 2.45) is 4.99 Å². The van der Waals surface area contributed by atoms with Gasteiger partial charge in [0.2, 0.25) is 0 Å². The summed E-state index contributed by atoms with van der Waals surface area (Å²) >= 11 is 0. The van der Waals surface area contributed by atoms with Crippen molar-refractivity contribution in [2.45, 2.75) is 13.0 Å². The first-order chi connectivity index (χ1) is 8.15. The first-order valence-electron chi connectivity index (χ1n) is 5.14. The number of hydrogen-bond acceptors (Lipinski definition) is 5. The maximum Gasteiger partial charge on any atom is 0.330 e. The van der Waals surface area contributed by atoms with Gasteiger partial charge in [-0.2, -0.15) is 0 Å². The summed E-state index contributed by atoms with van der Waals surface area (Å²) in [6.07, 6.45) is 5.35. The maximum absolute atomic E-state index is 10.9. The van der Waals surface area contributed by atoms with Gasteiger partial charge < -0.3 is 20.2 Å². The fourth-order valence-electron chi connectivity index (χ4n) is 1.14. The van der Waals surface area contributed by atoms with Gasteiger partial charge in [-0.1, -0.05) is 0 Å². The van der Waals surface area contributed by atoms with Crippen LogP contribution < -0.4 is 10.6 Å². The Morgan fingerprint density at radius 2 is 2.41 bits per heavy atom. The van der Waals surface area contributed by atoms with Crippen LogP contribution in [0.2, 0.25) is 0 Å². The van der Waals surface area contributed by atoms with Gasteiger partial charge in [0.25, 0.3) is 0 Å². The molecular weight excluding hydrogens is 222 g/mol. The van der Waals surface area contributed by atoms with Crippen molar-refractivity contribution in [2.75, 3.05) is 13.7 Å². The zero-order chi connectivity index (χ0) is 12.7. The predicted molar refractivity (Wildman–Crippen MR) is 63.3 cm³/mol. The summed E-state index contributed by atoms with van der Waals surface area (Å²) in [4.78, 5) is 25.4. The normalized spacial score (nSPS) is 19.2. The van der Waals surface area contributed by atoms with Gasteiger partial charge in [-0.25, -0.2) is 4.79 Å². The summed E-state index contributed by atoms with van der Waals surface area (Å²) in [5.74, 6) is 0.265. The zero-order valence-electron chi connectivity index (χ0n) is 9.77. The molecule has 0 fully saturated rings. The topological polar surface area (TPSA) is 79.8 Å². The third-order valence-corrected chi connectivity index (χ3v) is 2.01. The average Bonchev–Trinajstić information content (AvgIpc) is 2.37. The van der Waals surface area contributed by atoms with E-state index in [0.29, 0.717) is 12.4 Å². The van der Waals surface area contributed by atoms with Crippen LogP contribution in [0.5, 0.6) is 0 Å². The summed E-state index contributed by atoms with van der Waals surface area (Å²) in [6.45, 7) is 2.19. The first kappa shape index (κ1) is 13.0. The highest BCUT2D eigenvalue weighted by Gasteiger charge is 2.07. The molecule has 0 saturated heterocycles. The molecule has 0 aromatic carbocycles. The molecule has 2 N–H and O–H groups in total. The molecule has 0 amide bonds. The molecule has 0 spiro atoms. The molecule has 1 aliphatic rings. The third-order valence-electron chi connectivity index (χ3n) is 2.01. The van der Waals surface area contributed by atoms with E-state index in [1.54, 1.807) is 19.2 Å². The predicted octanol–water partition coefficient (Wildman–Crippen LogP) is -0.264. The standard InChI is InChI=1S/C11H15N3O3/c1-8(7-15)14-10-6-12-9(5-13-10)3-4-11(16)17-2/h3-5,7-8,12H,6H2,1-2H3,(H,13,14)/b4-3+. The number of aliphatic imine (C=N–C) groups is 1. The second-order valence-electron chi connectivity index (χ2n) is 3.41. The SMILES string of the molecule is COC(=O)/C=C/C1=CNC(=NC(C)C=O)CN1. The number of methoxy groups -OCH3 is 1. The lowest BCUT2D eigenvalue weighted by atomic mass is 10.3. The number of carbonyl (C=O) groups is 2. The fraction of sp³-hybridized carbons (Fsp3) is 0.364. The van der Waals surface area contributed by atoms with Gasteiger partial charge in [-0.3, -0.25) is 4.99 Å². The highest BCUT2D eigenvalue weighted by Crippen LogP contribution is 1.97. The van der Waals surface area contributed by atoms with E-state index < -0.39 is 5.97 Å².